The zero-order chi connectivity index (χ0) is 18.3. The molecule has 1 aliphatic heterocycles. The van der Waals surface area contributed by atoms with E-state index in [1.54, 1.807) is 6.07 Å². The number of amides is 2. The third kappa shape index (κ3) is 2.30. The van der Waals surface area contributed by atoms with Crippen molar-refractivity contribution < 1.29 is 18.7 Å². The van der Waals surface area contributed by atoms with Crippen LogP contribution < -0.4 is 5.32 Å². The van der Waals surface area contributed by atoms with Crippen LogP contribution in [0.2, 0.25) is 0 Å². The Labute approximate surface area is 151 Å². The molecule has 0 radical (unpaired) electrons. The van der Waals surface area contributed by atoms with Crippen LogP contribution in [0.5, 0.6) is 0 Å². The van der Waals surface area contributed by atoms with Crippen molar-refractivity contribution in [2.24, 2.45) is 17.8 Å². The van der Waals surface area contributed by atoms with E-state index in [4.69, 9.17) is 0 Å². The number of nitrogens with one attached hydrogen (secondary N) is 1. The lowest BCUT2D eigenvalue weighted by molar-refractivity contribution is -0.152. The predicted molar refractivity (Wildman–Crippen MR) is 91.2 cm³/mol. The molecule has 5 fully saturated rings. The topological polar surface area (TPSA) is 52.6 Å². The number of benzene rings is 1. The van der Waals surface area contributed by atoms with Crippen molar-refractivity contribution in [3.05, 3.63) is 35.4 Å². The van der Waals surface area contributed by atoms with Crippen LogP contribution in [0.25, 0.3) is 0 Å². The Kier molecular flexibility index (Phi) is 3.29. The molecule has 2 N–H and O–H groups in total. The number of rotatable bonds is 2. The highest BCUT2D eigenvalue weighted by atomic mass is 19.2. The molecule has 3 unspecified atom stereocenters. The molecule has 140 valence electrons. The fraction of sp³-hybridized carbons (Fsp3) is 0.650. The van der Waals surface area contributed by atoms with E-state index in [9.17, 15) is 18.7 Å². The van der Waals surface area contributed by atoms with Crippen molar-refractivity contribution in [3.63, 3.8) is 0 Å². The molecule has 4 aliphatic carbocycles. The van der Waals surface area contributed by atoms with E-state index in [-0.39, 0.29) is 12.1 Å². The summed E-state index contributed by atoms with van der Waals surface area (Å²) in [6, 6.07) is 3.84. The van der Waals surface area contributed by atoms with Gasteiger partial charge in [-0.15, -0.1) is 0 Å². The second-order valence-electron chi connectivity index (χ2n) is 9.20. The highest BCUT2D eigenvalue weighted by Crippen LogP contribution is 2.57. The van der Waals surface area contributed by atoms with Gasteiger partial charge in [0.1, 0.15) is 0 Å². The minimum atomic E-state index is -0.895. The van der Waals surface area contributed by atoms with Crippen LogP contribution in [-0.2, 0) is 5.54 Å². The highest BCUT2D eigenvalue weighted by Gasteiger charge is 2.58. The average Bonchev–Trinajstić information content (AvgIpc) is 2.84. The lowest BCUT2D eigenvalue weighted by Gasteiger charge is -2.59. The van der Waals surface area contributed by atoms with Crippen LogP contribution in [0.4, 0.5) is 13.6 Å². The van der Waals surface area contributed by atoms with Gasteiger partial charge in [-0.1, -0.05) is 6.07 Å². The van der Waals surface area contributed by atoms with Gasteiger partial charge in [0, 0.05) is 12.6 Å². The van der Waals surface area contributed by atoms with E-state index in [1.165, 1.54) is 6.07 Å². The van der Waals surface area contributed by atoms with E-state index in [2.05, 4.69) is 5.32 Å². The Morgan fingerprint density at radius 1 is 1.15 bits per heavy atom. The van der Waals surface area contributed by atoms with Crippen LogP contribution in [0.15, 0.2) is 18.2 Å². The van der Waals surface area contributed by atoms with Gasteiger partial charge < -0.3 is 15.3 Å². The second kappa shape index (κ2) is 5.18. The molecule has 1 heterocycles. The lowest BCUT2D eigenvalue weighted by Crippen LogP contribution is -2.62. The summed E-state index contributed by atoms with van der Waals surface area (Å²) >= 11 is 0. The first-order valence-corrected chi connectivity index (χ1v) is 9.53. The van der Waals surface area contributed by atoms with Crippen LogP contribution in [0.1, 0.15) is 44.6 Å². The first-order valence-electron chi connectivity index (χ1n) is 9.53. The highest BCUT2D eigenvalue weighted by molar-refractivity contribution is 5.79. The van der Waals surface area contributed by atoms with Crippen LogP contribution in [-0.4, -0.2) is 34.2 Å². The zero-order valence-electron chi connectivity index (χ0n) is 14.8. The van der Waals surface area contributed by atoms with Crippen molar-refractivity contribution in [1.29, 1.82) is 0 Å². The number of halogens is 2. The molecule has 1 aromatic carbocycles. The third-order valence-electron chi connectivity index (χ3n) is 7.24. The van der Waals surface area contributed by atoms with Crippen molar-refractivity contribution in [1.82, 2.24) is 10.2 Å². The molecule has 4 saturated carbocycles. The summed E-state index contributed by atoms with van der Waals surface area (Å²) in [5.74, 6) is -0.522. The van der Waals surface area contributed by atoms with Gasteiger partial charge in [0.15, 0.2) is 11.6 Å². The maximum Gasteiger partial charge on any atom is 0.318 e. The first-order chi connectivity index (χ1) is 12.3. The molecule has 2 amide bonds. The van der Waals surface area contributed by atoms with Gasteiger partial charge in [-0.25, -0.2) is 13.6 Å². The molecular weight excluding hydrogens is 338 g/mol. The van der Waals surface area contributed by atoms with Crippen molar-refractivity contribution >= 4 is 6.03 Å². The van der Waals surface area contributed by atoms with Crippen LogP contribution in [0, 0.1) is 29.4 Å². The molecule has 0 aromatic heterocycles. The van der Waals surface area contributed by atoms with E-state index in [0.717, 1.165) is 38.2 Å². The molecule has 4 bridgehead atoms. The Morgan fingerprint density at radius 3 is 2.46 bits per heavy atom. The van der Waals surface area contributed by atoms with Crippen molar-refractivity contribution in [2.45, 2.75) is 56.2 Å². The van der Waals surface area contributed by atoms with Gasteiger partial charge in [0.25, 0.3) is 0 Å². The van der Waals surface area contributed by atoms with Crippen LogP contribution in [0.3, 0.4) is 0 Å². The molecule has 0 spiro atoms. The van der Waals surface area contributed by atoms with E-state index in [1.807, 2.05) is 11.8 Å². The largest absolute Gasteiger partial charge is 0.390 e. The standard InChI is InChI=1S/C20H24F2N2O2/c1-19(14-2-3-15(21)16(22)6-14)10-24(18(25)23-19)17-12-4-11-5-13(17)9-20(26,7-11)8-12/h2-3,6,11-13,17,26H,4-5,7-10H2,1H3,(H,23,25). The Hall–Kier alpha value is -1.69. The normalized spacial score (nSPS) is 43.8. The molecule has 5 aliphatic rings. The Bertz CT molecular complexity index is 769. The summed E-state index contributed by atoms with van der Waals surface area (Å²) < 4.78 is 27.0. The van der Waals surface area contributed by atoms with Crippen molar-refractivity contribution in [2.75, 3.05) is 6.54 Å². The molecule has 1 aromatic rings. The van der Waals surface area contributed by atoms with E-state index < -0.39 is 22.8 Å². The van der Waals surface area contributed by atoms with E-state index >= 15 is 0 Å². The van der Waals surface area contributed by atoms with Gasteiger partial charge in [0.2, 0.25) is 0 Å². The Balaban J connectivity index is 1.43. The minimum Gasteiger partial charge on any atom is -0.390 e. The summed E-state index contributed by atoms with van der Waals surface area (Å²) in [5.41, 5.74) is -0.696. The Morgan fingerprint density at radius 2 is 1.85 bits per heavy atom. The smallest absolute Gasteiger partial charge is 0.318 e. The number of carbonyl (C=O) groups is 1. The number of nitrogens with zero attached hydrogens (tertiary/aromatic N) is 1. The molecule has 1 saturated heterocycles. The van der Waals surface area contributed by atoms with Gasteiger partial charge in [-0.05, 0) is 74.5 Å². The monoisotopic (exact) mass is 362 g/mol. The summed E-state index contributed by atoms with van der Waals surface area (Å²) in [5, 5.41) is 13.8. The molecular formula is C20H24F2N2O2. The molecule has 6 heteroatoms. The lowest BCUT2D eigenvalue weighted by atomic mass is 9.52. The fourth-order valence-electron chi connectivity index (χ4n) is 6.47. The maximum atomic E-state index is 13.7. The molecule has 4 nitrogen and oxygen atoms in total. The number of hydrogen-bond acceptors (Lipinski definition) is 2. The third-order valence-corrected chi connectivity index (χ3v) is 7.24. The minimum absolute atomic E-state index is 0.137. The molecule has 3 atom stereocenters. The van der Waals surface area contributed by atoms with Gasteiger partial charge in [-0.2, -0.15) is 0 Å². The number of carbonyl (C=O) groups excluding carboxylic acids is 1. The quantitative estimate of drug-likeness (QED) is 0.849. The summed E-state index contributed by atoms with van der Waals surface area (Å²) in [7, 11) is 0. The van der Waals surface area contributed by atoms with Gasteiger partial charge in [0.05, 0.1) is 11.1 Å². The van der Waals surface area contributed by atoms with Crippen LogP contribution >= 0.6 is 0 Å². The molecule has 6 rings (SSSR count). The summed E-state index contributed by atoms with van der Waals surface area (Å²) in [6.07, 6.45) is 4.61. The number of hydrogen-bond donors (Lipinski definition) is 2. The van der Waals surface area contributed by atoms with Gasteiger partial charge >= 0.3 is 6.03 Å². The number of aliphatic hydroxyl groups is 1. The summed E-state index contributed by atoms with van der Waals surface area (Å²) in [4.78, 5) is 14.7. The molecule has 26 heavy (non-hydrogen) atoms. The summed E-state index contributed by atoms with van der Waals surface area (Å²) in [6.45, 7) is 2.30. The fourth-order valence-corrected chi connectivity index (χ4v) is 6.47. The van der Waals surface area contributed by atoms with Gasteiger partial charge in [-0.3, -0.25) is 0 Å². The SMILES string of the molecule is CC1(c2ccc(F)c(F)c2)CN(C2C3CC4CC2CC(O)(C4)C3)C(=O)N1. The number of urea groups is 1. The second-order valence-corrected chi connectivity index (χ2v) is 9.20. The zero-order valence-corrected chi connectivity index (χ0v) is 14.8. The average molecular weight is 362 g/mol. The first kappa shape index (κ1) is 16.5. The maximum absolute atomic E-state index is 13.7. The van der Waals surface area contributed by atoms with E-state index in [0.29, 0.717) is 29.9 Å². The van der Waals surface area contributed by atoms with Crippen molar-refractivity contribution in [3.8, 4) is 0 Å². The predicted octanol–water partition coefficient (Wildman–Crippen LogP) is 3.14.